The summed E-state index contributed by atoms with van der Waals surface area (Å²) >= 11 is 18.4. The number of nitrogens with one attached hydrogen (secondary N) is 1. The monoisotopic (exact) mass is 495 g/mol. The molecule has 0 bridgehead atoms. The zero-order chi connectivity index (χ0) is 23.0. The van der Waals surface area contributed by atoms with Crippen LogP contribution in [-0.4, -0.2) is 25.5 Å². The van der Waals surface area contributed by atoms with Gasteiger partial charge in [0.15, 0.2) is 11.6 Å². The van der Waals surface area contributed by atoms with Gasteiger partial charge in [-0.2, -0.15) is 10.2 Å². The number of carbonyl (C=O) groups is 1. The van der Waals surface area contributed by atoms with E-state index in [9.17, 15) is 9.18 Å². The molecule has 3 heterocycles. The van der Waals surface area contributed by atoms with E-state index in [4.69, 9.17) is 39.2 Å². The van der Waals surface area contributed by atoms with E-state index in [1.807, 2.05) is 13.8 Å². The first-order valence-corrected chi connectivity index (χ1v) is 10.6. The van der Waals surface area contributed by atoms with Crippen molar-refractivity contribution in [1.29, 1.82) is 0 Å². The van der Waals surface area contributed by atoms with Crippen molar-refractivity contribution in [2.75, 3.05) is 5.32 Å². The van der Waals surface area contributed by atoms with Crippen molar-refractivity contribution in [2.24, 2.45) is 0 Å². The number of hydrogen-bond acceptors (Lipinski definition) is 4. The van der Waals surface area contributed by atoms with Crippen LogP contribution >= 0.6 is 34.8 Å². The average molecular weight is 497 g/mol. The molecule has 0 unspecified atom stereocenters. The van der Waals surface area contributed by atoms with E-state index in [0.717, 1.165) is 11.4 Å². The van der Waals surface area contributed by atoms with Gasteiger partial charge >= 0.3 is 0 Å². The lowest BCUT2D eigenvalue weighted by atomic mass is 10.2. The number of carbonyl (C=O) groups excluding carboxylic acids is 1. The van der Waals surface area contributed by atoms with Crippen LogP contribution in [-0.2, 0) is 13.1 Å². The van der Waals surface area contributed by atoms with Gasteiger partial charge in [0.1, 0.15) is 16.6 Å². The molecule has 1 aromatic carbocycles. The Morgan fingerprint density at radius 1 is 1.09 bits per heavy atom. The van der Waals surface area contributed by atoms with Crippen molar-refractivity contribution in [3.05, 3.63) is 85.9 Å². The predicted octanol–water partition coefficient (Wildman–Crippen LogP) is 5.74. The number of aryl methyl sites for hydroxylation is 1. The Morgan fingerprint density at radius 2 is 1.88 bits per heavy atom. The van der Waals surface area contributed by atoms with Gasteiger partial charge in [-0.3, -0.25) is 14.2 Å². The second kappa shape index (κ2) is 8.97. The number of anilines is 1. The van der Waals surface area contributed by atoms with Crippen LogP contribution in [0.25, 0.3) is 0 Å². The number of halogens is 4. The summed E-state index contributed by atoms with van der Waals surface area (Å²) in [6, 6.07) is 7.64. The summed E-state index contributed by atoms with van der Waals surface area (Å²) in [4.78, 5) is 12.6. The lowest BCUT2D eigenvalue weighted by Crippen LogP contribution is -2.12. The van der Waals surface area contributed by atoms with Crippen LogP contribution in [0, 0.1) is 19.7 Å². The third-order valence-electron chi connectivity index (χ3n) is 4.81. The highest BCUT2D eigenvalue weighted by molar-refractivity contribution is 6.33. The van der Waals surface area contributed by atoms with Gasteiger partial charge in [-0.1, -0.05) is 40.9 Å². The highest BCUT2D eigenvalue weighted by Crippen LogP contribution is 2.25. The minimum absolute atomic E-state index is 0.0528. The Bertz CT molecular complexity index is 1290. The normalized spacial score (nSPS) is 11.2. The van der Waals surface area contributed by atoms with E-state index < -0.39 is 11.7 Å². The largest absolute Gasteiger partial charge is 0.454 e. The predicted molar refractivity (Wildman–Crippen MR) is 120 cm³/mol. The molecule has 1 N–H and O–H groups in total. The molecule has 1 amide bonds. The quantitative estimate of drug-likeness (QED) is 0.369. The lowest BCUT2D eigenvalue weighted by molar-refractivity contribution is 0.0994. The summed E-state index contributed by atoms with van der Waals surface area (Å²) in [6.45, 7) is 4.05. The lowest BCUT2D eigenvalue weighted by Gasteiger charge is -2.06. The maximum Gasteiger partial charge on any atom is 0.292 e. The van der Waals surface area contributed by atoms with Gasteiger partial charge in [-0.15, -0.1) is 0 Å². The second-order valence-corrected chi connectivity index (χ2v) is 8.28. The Balaban J connectivity index is 1.46. The molecule has 0 saturated heterocycles. The Labute approximate surface area is 197 Å². The first kappa shape index (κ1) is 22.4. The van der Waals surface area contributed by atoms with Gasteiger partial charge in [0.2, 0.25) is 0 Å². The van der Waals surface area contributed by atoms with Gasteiger partial charge in [0.25, 0.3) is 5.91 Å². The molecule has 0 aliphatic heterocycles. The number of aromatic nitrogens is 4. The molecule has 0 saturated carbocycles. The summed E-state index contributed by atoms with van der Waals surface area (Å²) in [7, 11) is 0. The van der Waals surface area contributed by atoms with Crippen molar-refractivity contribution < 1.29 is 13.6 Å². The van der Waals surface area contributed by atoms with Crippen molar-refractivity contribution in [2.45, 2.75) is 26.9 Å². The molecule has 3 aromatic heterocycles. The van der Waals surface area contributed by atoms with E-state index in [1.165, 1.54) is 23.0 Å². The molecule has 4 aromatic rings. The fraction of sp³-hybridized carbons (Fsp3) is 0.190. The molecular formula is C21H17Cl3FN5O2. The number of rotatable bonds is 6. The molecule has 11 heteroatoms. The molecule has 32 heavy (non-hydrogen) atoms. The summed E-state index contributed by atoms with van der Waals surface area (Å²) in [5.41, 5.74) is 1.79. The minimum atomic E-state index is -0.529. The molecular weight excluding hydrogens is 480 g/mol. The molecule has 7 nitrogen and oxygen atoms in total. The Morgan fingerprint density at radius 3 is 2.56 bits per heavy atom. The molecule has 0 aliphatic carbocycles. The number of amides is 1. The molecule has 0 aliphatic rings. The number of benzene rings is 1. The van der Waals surface area contributed by atoms with Crippen molar-refractivity contribution in [3.8, 4) is 0 Å². The Kier molecular flexibility index (Phi) is 6.28. The van der Waals surface area contributed by atoms with Gasteiger partial charge < -0.3 is 9.73 Å². The first-order chi connectivity index (χ1) is 15.2. The number of nitrogens with zero attached hydrogens (tertiary/aromatic N) is 4. The smallest absolute Gasteiger partial charge is 0.292 e. The molecule has 0 spiro atoms. The highest BCUT2D eigenvalue weighted by Gasteiger charge is 2.18. The van der Waals surface area contributed by atoms with E-state index in [2.05, 4.69) is 15.5 Å². The summed E-state index contributed by atoms with van der Waals surface area (Å²) in [5.74, 6) is -0.258. The average Bonchev–Trinajstić information content (AvgIpc) is 3.41. The van der Waals surface area contributed by atoms with E-state index in [0.29, 0.717) is 17.3 Å². The molecule has 166 valence electrons. The third-order valence-corrected chi connectivity index (χ3v) is 5.99. The second-order valence-electron chi connectivity index (χ2n) is 7.09. The highest BCUT2D eigenvalue weighted by atomic mass is 35.5. The van der Waals surface area contributed by atoms with Gasteiger partial charge in [0.05, 0.1) is 29.5 Å². The van der Waals surface area contributed by atoms with Crippen LogP contribution in [0.1, 0.15) is 33.3 Å². The van der Waals surface area contributed by atoms with Gasteiger partial charge in [-0.25, -0.2) is 4.39 Å². The Hall–Kier alpha value is -2.81. The van der Waals surface area contributed by atoms with Crippen LogP contribution in [0.15, 0.2) is 40.9 Å². The van der Waals surface area contributed by atoms with Crippen LogP contribution in [0.5, 0.6) is 0 Å². The standard InChI is InChI=1S/C21H17Cl3FN5O2/c1-11-19(24)12(2)30(27-11)8-13-6-7-18(32-13)21(31)26-20-16(23)10-29(28-20)9-14-15(22)4-3-5-17(14)25/h3-7,10H,8-9H2,1-2H3,(H,26,28,31). The summed E-state index contributed by atoms with van der Waals surface area (Å²) < 4.78 is 22.8. The SMILES string of the molecule is Cc1nn(Cc2ccc(C(=O)Nc3nn(Cc4c(F)cccc4Cl)cc3Cl)o2)c(C)c1Cl. The topological polar surface area (TPSA) is 77.9 Å². The zero-order valence-corrected chi connectivity index (χ0v) is 19.3. The van der Waals surface area contributed by atoms with Gasteiger partial charge in [-0.05, 0) is 38.1 Å². The van der Waals surface area contributed by atoms with Crippen LogP contribution in [0.3, 0.4) is 0 Å². The maximum absolute atomic E-state index is 14.0. The molecule has 0 fully saturated rings. The number of furan rings is 1. The maximum atomic E-state index is 14.0. The van der Waals surface area contributed by atoms with E-state index in [-0.39, 0.29) is 33.7 Å². The van der Waals surface area contributed by atoms with Crippen LogP contribution < -0.4 is 5.32 Å². The molecule has 0 atom stereocenters. The van der Waals surface area contributed by atoms with Crippen molar-refractivity contribution >= 4 is 46.5 Å². The van der Waals surface area contributed by atoms with Gasteiger partial charge in [0, 0.05) is 16.8 Å². The van der Waals surface area contributed by atoms with Crippen LogP contribution in [0.2, 0.25) is 15.1 Å². The molecule has 4 rings (SSSR count). The van der Waals surface area contributed by atoms with E-state index in [1.54, 1.807) is 22.9 Å². The van der Waals surface area contributed by atoms with Crippen molar-refractivity contribution in [1.82, 2.24) is 19.6 Å². The van der Waals surface area contributed by atoms with E-state index >= 15 is 0 Å². The third kappa shape index (κ3) is 4.53. The minimum Gasteiger partial charge on any atom is -0.454 e. The first-order valence-electron chi connectivity index (χ1n) is 9.48. The summed E-state index contributed by atoms with van der Waals surface area (Å²) in [6.07, 6.45) is 1.47. The zero-order valence-electron chi connectivity index (χ0n) is 17.0. The van der Waals surface area contributed by atoms with Crippen LogP contribution in [0.4, 0.5) is 10.2 Å². The fourth-order valence-corrected chi connectivity index (χ4v) is 3.69. The fourth-order valence-electron chi connectivity index (χ4n) is 3.14. The summed E-state index contributed by atoms with van der Waals surface area (Å²) in [5, 5.41) is 12.2. The van der Waals surface area contributed by atoms with Crippen molar-refractivity contribution in [3.63, 3.8) is 0 Å². The molecule has 0 radical (unpaired) electrons. The number of hydrogen-bond donors (Lipinski definition) is 1.